The van der Waals surface area contributed by atoms with Crippen LogP contribution in [0.25, 0.3) is 0 Å². The minimum Gasteiger partial charge on any atom is -0.472 e. The van der Waals surface area contributed by atoms with Crippen LogP contribution in [0.2, 0.25) is 0 Å². The third-order valence-corrected chi connectivity index (χ3v) is 1.36. The summed E-state index contributed by atoms with van der Waals surface area (Å²) in [4.78, 5) is 11.2. The summed E-state index contributed by atoms with van der Waals surface area (Å²) in [6.07, 6.45) is 7.87. The zero-order valence-electron chi connectivity index (χ0n) is 6.54. The summed E-state index contributed by atoms with van der Waals surface area (Å²) in [5.74, 6) is 2.37. The molecule has 0 saturated carbocycles. The Morgan fingerprint density at radius 1 is 1.75 bits per heavy atom. The molecule has 0 unspecified atom stereocenters. The Hall–Kier alpha value is -1.53. The first-order valence-electron chi connectivity index (χ1n) is 3.54. The Bertz CT molecular complexity index is 282. The van der Waals surface area contributed by atoms with Crippen molar-refractivity contribution < 1.29 is 9.21 Å². The van der Waals surface area contributed by atoms with Crippen LogP contribution < -0.4 is 5.32 Å². The molecule has 0 aliphatic heterocycles. The third kappa shape index (κ3) is 2.26. The number of hydrogen-bond donors (Lipinski definition) is 1. The fourth-order valence-corrected chi connectivity index (χ4v) is 0.773. The number of nitrogens with one attached hydrogen (secondary N) is 1. The van der Waals surface area contributed by atoms with Crippen molar-refractivity contribution in [2.75, 3.05) is 13.1 Å². The standard InChI is InChI=1S/C9H9NO2/c1-2-4-10-6-9(11)8-3-5-12-7-8/h1,3,5,7,10H,4,6H2. The lowest BCUT2D eigenvalue weighted by Gasteiger charge is -1.96. The molecule has 0 aliphatic carbocycles. The molecular formula is C9H9NO2. The second-order valence-electron chi connectivity index (χ2n) is 2.24. The first-order chi connectivity index (χ1) is 5.84. The van der Waals surface area contributed by atoms with E-state index in [-0.39, 0.29) is 12.3 Å². The van der Waals surface area contributed by atoms with Crippen molar-refractivity contribution in [1.29, 1.82) is 0 Å². The van der Waals surface area contributed by atoms with E-state index >= 15 is 0 Å². The molecule has 1 N–H and O–H groups in total. The molecule has 0 aliphatic rings. The van der Waals surface area contributed by atoms with Crippen LogP contribution in [0.5, 0.6) is 0 Å². The molecule has 62 valence electrons. The maximum absolute atomic E-state index is 11.2. The molecule has 0 saturated heterocycles. The van der Waals surface area contributed by atoms with Gasteiger partial charge in [-0.15, -0.1) is 6.42 Å². The van der Waals surface area contributed by atoms with Crippen LogP contribution in [0.4, 0.5) is 0 Å². The van der Waals surface area contributed by atoms with Crippen molar-refractivity contribution in [1.82, 2.24) is 5.32 Å². The Labute approximate surface area is 70.8 Å². The van der Waals surface area contributed by atoms with E-state index < -0.39 is 0 Å². The van der Waals surface area contributed by atoms with Crippen molar-refractivity contribution in [3.63, 3.8) is 0 Å². The highest BCUT2D eigenvalue weighted by atomic mass is 16.3. The second kappa shape index (κ2) is 4.37. The van der Waals surface area contributed by atoms with Gasteiger partial charge in [-0.3, -0.25) is 10.1 Å². The fourth-order valence-electron chi connectivity index (χ4n) is 0.773. The summed E-state index contributed by atoms with van der Waals surface area (Å²) in [6, 6.07) is 1.62. The summed E-state index contributed by atoms with van der Waals surface area (Å²) in [5.41, 5.74) is 0.569. The molecule has 12 heavy (non-hydrogen) atoms. The quantitative estimate of drug-likeness (QED) is 0.403. The van der Waals surface area contributed by atoms with Gasteiger partial charge in [-0.25, -0.2) is 0 Å². The van der Waals surface area contributed by atoms with E-state index in [0.29, 0.717) is 12.1 Å². The molecule has 0 aromatic carbocycles. The Morgan fingerprint density at radius 2 is 2.58 bits per heavy atom. The molecule has 0 bridgehead atoms. The van der Waals surface area contributed by atoms with Gasteiger partial charge in [0, 0.05) is 0 Å². The van der Waals surface area contributed by atoms with Crippen molar-refractivity contribution in [3.05, 3.63) is 24.2 Å². The van der Waals surface area contributed by atoms with Gasteiger partial charge in [0.15, 0.2) is 5.78 Å². The lowest BCUT2D eigenvalue weighted by atomic mass is 10.2. The first-order valence-corrected chi connectivity index (χ1v) is 3.54. The molecule has 0 spiro atoms. The van der Waals surface area contributed by atoms with Crippen molar-refractivity contribution in [3.8, 4) is 12.3 Å². The zero-order valence-corrected chi connectivity index (χ0v) is 6.54. The topological polar surface area (TPSA) is 42.2 Å². The molecule has 3 heteroatoms. The molecule has 0 atom stereocenters. The molecule has 3 nitrogen and oxygen atoms in total. The van der Waals surface area contributed by atoms with Crippen LogP contribution in [-0.4, -0.2) is 18.9 Å². The van der Waals surface area contributed by atoms with Crippen molar-refractivity contribution in [2.45, 2.75) is 0 Å². The average Bonchev–Trinajstić information content (AvgIpc) is 2.56. The zero-order chi connectivity index (χ0) is 8.81. The Morgan fingerprint density at radius 3 is 3.17 bits per heavy atom. The van der Waals surface area contributed by atoms with Gasteiger partial charge < -0.3 is 4.42 Å². The van der Waals surface area contributed by atoms with Gasteiger partial charge >= 0.3 is 0 Å². The molecular weight excluding hydrogens is 154 g/mol. The fraction of sp³-hybridized carbons (Fsp3) is 0.222. The van der Waals surface area contributed by atoms with E-state index in [2.05, 4.69) is 11.2 Å². The smallest absolute Gasteiger partial charge is 0.179 e. The summed E-state index contributed by atoms with van der Waals surface area (Å²) in [6.45, 7) is 0.660. The van der Waals surface area contributed by atoms with Crippen molar-refractivity contribution in [2.24, 2.45) is 0 Å². The number of ketones is 1. The van der Waals surface area contributed by atoms with Crippen LogP contribution in [-0.2, 0) is 0 Å². The predicted octanol–water partition coefficient (Wildman–Crippen LogP) is 0.685. The minimum atomic E-state index is -0.0148. The van der Waals surface area contributed by atoms with Crippen molar-refractivity contribution >= 4 is 5.78 Å². The van der Waals surface area contributed by atoms with E-state index in [1.165, 1.54) is 12.5 Å². The average molecular weight is 163 g/mol. The van der Waals surface area contributed by atoms with E-state index in [9.17, 15) is 4.79 Å². The van der Waals surface area contributed by atoms with Crippen LogP contribution in [0.1, 0.15) is 10.4 Å². The number of carbonyl (C=O) groups excluding carboxylic acids is 1. The summed E-state index contributed by atoms with van der Waals surface area (Å²) < 4.78 is 4.75. The number of rotatable bonds is 4. The lowest BCUT2D eigenvalue weighted by molar-refractivity contribution is 0.0992. The van der Waals surface area contributed by atoms with Gasteiger partial charge in [-0.1, -0.05) is 5.92 Å². The number of furan rings is 1. The van der Waals surface area contributed by atoms with Crippen LogP contribution in [0, 0.1) is 12.3 Å². The van der Waals surface area contributed by atoms with Crippen LogP contribution in [0.15, 0.2) is 23.0 Å². The highest BCUT2D eigenvalue weighted by Gasteiger charge is 2.04. The summed E-state index contributed by atoms with van der Waals surface area (Å²) in [7, 11) is 0. The molecule has 1 aromatic rings. The summed E-state index contributed by atoms with van der Waals surface area (Å²) in [5, 5.41) is 2.80. The van der Waals surface area contributed by atoms with Gasteiger partial charge in [0.2, 0.25) is 0 Å². The van der Waals surface area contributed by atoms with E-state index in [1.54, 1.807) is 6.07 Å². The van der Waals surface area contributed by atoms with Gasteiger partial charge in [0.1, 0.15) is 6.26 Å². The molecule has 0 amide bonds. The van der Waals surface area contributed by atoms with Gasteiger partial charge in [-0.2, -0.15) is 0 Å². The molecule has 0 radical (unpaired) electrons. The lowest BCUT2D eigenvalue weighted by Crippen LogP contribution is -2.22. The molecule has 1 aromatic heterocycles. The summed E-state index contributed by atoms with van der Waals surface area (Å²) >= 11 is 0. The largest absolute Gasteiger partial charge is 0.472 e. The third-order valence-electron chi connectivity index (χ3n) is 1.36. The number of terminal acetylenes is 1. The first kappa shape index (κ1) is 8.57. The second-order valence-corrected chi connectivity index (χ2v) is 2.24. The highest BCUT2D eigenvalue weighted by molar-refractivity contribution is 5.97. The van der Waals surface area contributed by atoms with E-state index in [0.717, 1.165) is 0 Å². The Balaban J connectivity index is 2.36. The number of Topliss-reactive ketones (excluding diaryl/α,β-unsaturated/α-hetero) is 1. The maximum Gasteiger partial charge on any atom is 0.179 e. The predicted molar refractivity (Wildman–Crippen MR) is 44.7 cm³/mol. The number of hydrogen-bond acceptors (Lipinski definition) is 3. The van der Waals surface area contributed by atoms with Crippen LogP contribution in [0.3, 0.4) is 0 Å². The van der Waals surface area contributed by atoms with Gasteiger partial charge in [0.05, 0.1) is 24.9 Å². The molecule has 1 heterocycles. The van der Waals surface area contributed by atoms with Crippen LogP contribution >= 0.6 is 0 Å². The monoisotopic (exact) mass is 163 g/mol. The SMILES string of the molecule is C#CCNCC(=O)c1ccoc1. The highest BCUT2D eigenvalue weighted by Crippen LogP contribution is 1.99. The Kier molecular flexibility index (Phi) is 3.12. The normalized spacial score (nSPS) is 9.25. The van der Waals surface area contributed by atoms with Gasteiger partial charge in [-0.05, 0) is 6.07 Å². The molecule has 1 rings (SSSR count). The molecule has 0 fully saturated rings. The van der Waals surface area contributed by atoms with Gasteiger partial charge in [0.25, 0.3) is 0 Å². The van der Waals surface area contributed by atoms with E-state index in [4.69, 9.17) is 10.8 Å². The minimum absolute atomic E-state index is 0.0148. The maximum atomic E-state index is 11.2. The number of carbonyl (C=O) groups is 1. The van der Waals surface area contributed by atoms with E-state index in [1.807, 2.05) is 0 Å².